The van der Waals surface area contributed by atoms with Crippen molar-refractivity contribution >= 4 is 0 Å². The molecule has 0 saturated carbocycles. The lowest BCUT2D eigenvalue weighted by molar-refractivity contribution is 0.0648. The summed E-state index contributed by atoms with van der Waals surface area (Å²) >= 11 is 0. The number of likely N-dealkylation sites (N-methyl/N-ethyl adjacent to an activating group) is 1. The molecule has 0 spiro atoms. The topological polar surface area (TPSA) is 6.48 Å². The van der Waals surface area contributed by atoms with E-state index in [-0.39, 0.29) is 0 Å². The largest absolute Gasteiger partial charge is 0.363 e. The highest BCUT2D eigenvalue weighted by Gasteiger charge is 2.23. The van der Waals surface area contributed by atoms with Crippen LogP contribution in [0.2, 0.25) is 0 Å². The number of hydrogen-bond acceptors (Lipinski definition) is 2. The van der Waals surface area contributed by atoms with Gasteiger partial charge in [-0.1, -0.05) is 13.0 Å². The Hall–Kier alpha value is -0.500. The highest BCUT2D eigenvalue weighted by atomic mass is 15.4. The van der Waals surface area contributed by atoms with Gasteiger partial charge in [-0.25, -0.2) is 0 Å². The zero-order valence-corrected chi connectivity index (χ0v) is 8.62. The fourth-order valence-corrected chi connectivity index (χ4v) is 1.92. The molecule has 0 saturated heterocycles. The van der Waals surface area contributed by atoms with Crippen LogP contribution in [0, 0.1) is 0 Å². The van der Waals surface area contributed by atoms with Crippen molar-refractivity contribution in [3.05, 3.63) is 12.3 Å². The molecule has 0 N–H and O–H groups in total. The third-order valence-electron chi connectivity index (χ3n) is 2.77. The summed E-state index contributed by atoms with van der Waals surface area (Å²) in [4.78, 5) is 4.85. The predicted octanol–water partition coefficient (Wildman–Crippen LogP) is 1.89. The summed E-state index contributed by atoms with van der Waals surface area (Å²) in [5, 5.41) is 0. The first-order chi connectivity index (χ1) is 5.70. The van der Waals surface area contributed by atoms with E-state index < -0.39 is 0 Å². The Morgan fingerprint density at radius 2 is 1.83 bits per heavy atom. The van der Waals surface area contributed by atoms with E-state index in [1.54, 1.807) is 0 Å². The molecule has 2 unspecified atom stereocenters. The van der Waals surface area contributed by atoms with E-state index in [1.165, 1.54) is 0 Å². The van der Waals surface area contributed by atoms with E-state index in [9.17, 15) is 0 Å². The SMILES string of the molecule is CCN1C=CC(C)N(CC)C1C. The molecule has 2 nitrogen and oxygen atoms in total. The first kappa shape index (κ1) is 9.59. The van der Waals surface area contributed by atoms with Gasteiger partial charge in [0.25, 0.3) is 0 Å². The van der Waals surface area contributed by atoms with Gasteiger partial charge in [0, 0.05) is 12.6 Å². The fourth-order valence-electron chi connectivity index (χ4n) is 1.92. The Morgan fingerprint density at radius 3 is 2.33 bits per heavy atom. The van der Waals surface area contributed by atoms with Gasteiger partial charge < -0.3 is 4.90 Å². The minimum Gasteiger partial charge on any atom is -0.363 e. The highest BCUT2D eigenvalue weighted by molar-refractivity contribution is 4.99. The molecule has 2 heteroatoms. The number of rotatable bonds is 2. The van der Waals surface area contributed by atoms with Crippen molar-refractivity contribution in [3.8, 4) is 0 Å². The van der Waals surface area contributed by atoms with Crippen molar-refractivity contribution in [2.45, 2.75) is 39.9 Å². The molecular formula is C10H20N2. The van der Waals surface area contributed by atoms with Crippen LogP contribution in [0.25, 0.3) is 0 Å². The van der Waals surface area contributed by atoms with Crippen LogP contribution in [0.3, 0.4) is 0 Å². The van der Waals surface area contributed by atoms with Crippen LogP contribution in [-0.2, 0) is 0 Å². The third-order valence-corrected chi connectivity index (χ3v) is 2.77. The minimum absolute atomic E-state index is 0.556. The van der Waals surface area contributed by atoms with Crippen molar-refractivity contribution < 1.29 is 0 Å². The molecule has 0 aromatic rings. The summed E-state index contributed by atoms with van der Waals surface area (Å²) < 4.78 is 0. The average Bonchev–Trinajstić information content (AvgIpc) is 2.06. The second kappa shape index (κ2) is 3.94. The molecule has 1 aliphatic rings. The molecule has 0 aromatic carbocycles. The Bertz CT molecular complexity index is 165. The summed E-state index contributed by atoms with van der Waals surface area (Å²) in [7, 11) is 0. The second-order valence-corrected chi connectivity index (χ2v) is 3.37. The number of hydrogen-bond donors (Lipinski definition) is 0. The van der Waals surface area contributed by atoms with Gasteiger partial charge in [-0.3, -0.25) is 4.90 Å². The van der Waals surface area contributed by atoms with Crippen LogP contribution < -0.4 is 0 Å². The molecule has 0 aliphatic carbocycles. The maximum absolute atomic E-state index is 2.49. The Morgan fingerprint density at radius 1 is 1.17 bits per heavy atom. The molecule has 0 amide bonds. The van der Waals surface area contributed by atoms with Gasteiger partial charge in [0.05, 0.1) is 6.17 Å². The molecule has 0 fully saturated rings. The summed E-state index contributed by atoms with van der Waals surface area (Å²) in [5.74, 6) is 0. The van der Waals surface area contributed by atoms with Crippen molar-refractivity contribution in [2.24, 2.45) is 0 Å². The van der Waals surface area contributed by atoms with Gasteiger partial charge in [-0.05, 0) is 33.5 Å². The molecule has 0 bridgehead atoms. The summed E-state index contributed by atoms with van der Waals surface area (Å²) in [6.45, 7) is 11.2. The quantitative estimate of drug-likeness (QED) is 0.621. The maximum atomic E-state index is 2.49. The molecule has 2 atom stereocenters. The first-order valence-corrected chi connectivity index (χ1v) is 4.90. The van der Waals surface area contributed by atoms with Crippen molar-refractivity contribution in [1.82, 2.24) is 9.80 Å². The third kappa shape index (κ3) is 1.63. The van der Waals surface area contributed by atoms with Gasteiger partial charge >= 0.3 is 0 Å². The van der Waals surface area contributed by atoms with Crippen molar-refractivity contribution in [1.29, 1.82) is 0 Å². The smallest absolute Gasteiger partial charge is 0.0790 e. The lowest BCUT2D eigenvalue weighted by Crippen LogP contribution is -2.50. The molecule has 1 heterocycles. The normalized spacial score (nSPS) is 31.2. The Labute approximate surface area is 75.8 Å². The first-order valence-electron chi connectivity index (χ1n) is 4.90. The fraction of sp³-hybridized carbons (Fsp3) is 0.800. The Kier molecular flexibility index (Phi) is 3.15. The summed E-state index contributed by atoms with van der Waals surface area (Å²) in [6.07, 6.45) is 5.05. The van der Waals surface area contributed by atoms with Gasteiger partial charge in [0.1, 0.15) is 0 Å². The lowest BCUT2D eigenvalue weighted by atomic mass is 10.2. The van der Waals surface area contributed by atoms with E-state index in [2.05, 4.69) is 49.8 Å². The van der Waals surface area contributed by atoms with Crippen LogP contribution in [0.1, 0.15) is 27.7 Å². The summed E-state index contributed by atoms with van der Waals surface area (Å²) in [6, 6.07) is 0.591. The Balaban J connectivity index is 2.70. The van der Waals surface area contributed by atoms with E-state index in [1.807, 2.05) is 0 Å². The van der Waals surface area contributed by atoms with E-state index in [0.29, 0.717) is 12.2 Å². The van der Waals surface area contributed by atoms with Crippen LogP contribution in [-0.4, -0.2) is 35.1 Å². The van der Waals surface area contributed by atoms with Crippen molar-refractivity contribution in [2.75, 3.05) is 13.1 Å². The molecule has 70 valence electrons. The average molecular weight is 168 g/mol. The zero-order chi connectivity index (χ0) is 9.14. The highest BCUT2D eigenvalue weighted by Crippen LogP contribution is 2.16. The van der Waals surface area contributed by atoms with Crippen LogP contribution in [0.5, 0.6) is 0 Å². The van der Waals surface area contributed by atoms with Gasteiger partial charge in [-0.2, -0.15) is 0 Å². The molecule has 1 rings (SSSR count). The molecule has 0 aromatic heterocycles. The maximum Gasteiger partial charge on any atom is 0.0790 e. The minimum atomic E-state index is 0.556. The van der Waals surface area contributed by atoms with Gasteiger partial charge in [0.2, 0.25) is 0 Å². The van der Waals surface area contributed by atoms with Crippen LogP contribution in [0.15, 0.2) is 12.3 Å². The lowest BCUT2D eigenvalue weighted by Gasteiger charge is -2.42. The molecule has 12 heavy (non-hydrogen) atoms. The van der Waals surface area contributed by atoms with Gasteiger partial charge in [-0.15, -0.1) is 0 Å². The van der Waals surface area contributed by atoms with Crippen molar-refractivity contribution in [3.63, 3.8) is 0 Å². The van der Waals surface area contributed by atoms with E-state index in [4.69, 9.17) is 0 Å². The van der Waals surface area contributed by atoms with Crippen LogP contribution >= 0.6 is 0 Å². The standard InChI is InChI=1S/C10H20N2/c1-5-11-8-7-9(3)12(6-2)10(11)4/h7-10H,5-6H2,1-4H3. The van der Waals surface area contributed by atoms with Crippen LogP contribution in [0.4, 0.5) is 0 Å². The number of nitrogens with zero attached hydrogens (tertiary/aromatic N) is 2. The molecular weight excluding hydrogens is 148 g/mol. The van der Waals surface area contributed by atoms with Gasteiger partial charge in [0.15, 0.2) is 0 Å². The monoisotopic (exact) mass is 168 g/mol. The molecule has 0 radical (unpaired) electrons. The van der Waals surface area contributed by atoms with E-state index in [0.717, 1.165) is 13.1 Å². The second-order valence-electron chi connectivity index (χ2n) is 3.37. The summed E-state index contributed by atoms with van der Waals surface area (Å²) in [5.41, 5.74) is 0. The predicted molar refractivity (Wildman–Crippen MR) is 52.8 cm³/mol. The molecule has 1 aliphatic heterocycles. The zero-order valence-electron chi connectivity index (χ0n) is 8.62. The van der Waals surface area contributed by atoms with E-state index >= 15 is 0 Å².